The number of nitrogen functional groups attached to an aromatic ring is 2. The van der Waals surface area contributed by atoms with Crippen molar-refractivity contribution in [2.24, 2.45) is 0 Å². The van der Waals surface area contributed by atoms with E-state index in [9.17, 15) is 0 Å². The van der Waals surface area contributed by atoms with Crippen LogP contribution >= 0.6 is 0 Å². The average Bonchev–Trinajstić information content (AvgIpc) is 3.21. The van der Waals surface area contributed by atoms with Crippen LogP contribution < -0.4 is 11.5 Å². The van der Waals surface area contributed by atoms with Gasteiger partial charge in [0.15, 0.2) is 0 Å². The molecule has 138 valence electrons. The molecule has 2 aliphatic carbocycles. The number of fused-ring (bicyclic) bond motifs is 2. The Hall–Kier alpha value is -2.22. The average molecular weight is 349 g/mol. The molecule has 4 rings (SSSR count). The summed E-state index contributed by atoms with van der Waals surface area (Å²) in [5, 5.41) is 0. The van der Waals surface area contributed by atoms with Crippen molar-refractivity contribution >= 4 is 16.9 Å². The van der Waals surface area contributed by atoms with Gasteiger partial charge in [-0.25, -0.2) is 0 Å². The smallest absolute Gasteiger partial charge is 0.0393 e. The van der Waals surface area contributed by atoms with Gasteiger partial charge in [0.1, 0.15) is 0 Å². The highest BCUT2D eigenvalue weighted by Crippen LogP contribution is 2.31. The number of allylic oxidation sites excluding steroid dienone is 1. The maximum Gasteiger partial charge on any atom is 0.0393 e. The molecule has 0 saturated heterocycles. The lowest BCUT2D eigenvalue weighted by atomic mass is 9.96. The fraction of sp³-hybridized carbons (Fsp3) is 0.417. The molecule has 2 nitrogen and oxygen atoms in total. The Labute approximate surface area is 158 Å². The zero-order valence-corrected chi connectivity index (χ0v) is 16.5. The first-order valence-electron chi connectivity index (χ1n) is 9.85. The van der Waals surface area contributed by atoms with E-state index < -0.39 is 0 Å². The van der Waals surface area contributed by atoms with Crippen molar-refractivity contribution < 1.29 is 0 Å². The van der Waals surface area contributed by atoms with Gasteiger partial charge in [0.05, 0.1) is 0 Å². The van der Waals surface area contributed by atoms with Crippen LogP contribution in [0.15, 0.2) is 30.8 Å². The Kier molecular flexibility index (Phi) is 5.41. The summed E-state index contributed by atoms with van der Waals surface area (Å²) >= 11 is 0. The molecule has 0 spiro atoms. The Morgan fingerprint density at radius 1 is 0.808 bits per heavy atom. The second-order valence-corrected chi connectivity index (χ2v) is 8.10. The molecule has 2 aromatic carbocycles. The molecular weight excluding hydrogens is 316 g/mol. The molecule has 2 aliphatic rings. The van der Waals surface area contributed by atoms with Crippen molar-refractivity contribution in [1.29, 1.82) is 0 Å². The van der Waals surface area contributed by atoms with E-state index in [-0.39, 0.29) is 0 Å². The minimum Gasteiger partial charge on any atom is -0.398 e. The zero-order valence-electron chi connectivity index (χ0n) is 16.5. The summed E-state index contributed by atoms with van der Waals surface area (Å²) < 4.78 is 0. The van der Waals surface area contributed by atoms with Crippen molar-refractivity contribution in [2.75, 3.05) is 11.5 Å². The Morgan fingerprint density at radius 3 is 1.77 bits per heavy atom. The van der Waals surface area contributed by atoms with Gasteiger partial charge in [-0.2, -0.15) is 0 Å². The highest BCUT2D eigenvalue weighted by atomic mass is 14.6. The quantitative estimate of drug-likeness (QED) is 0.687. The van der Waals surface area contributed by atoms with Crippen LogP contribution in [0.3, 0.4) is 0 Å². The highest BCUT2D eigenvalue weighted by Gasteiger charge is 2.15. The fourth-order valence-electron chi connectivity index (χ4n) is 4.17. The summed E-state index contributed by atoms with van der Waals surface area (Å²) in [5.74, 6) is 0.547. The van der Waals surface area contributed by atoms with Crippen LogP contribution in [0, 0.1) is 0 Å². The summed E-state index contributed by atoms with van der Waals surface area (Å²) in [4.78, 5) is 0. The molecule has 0 aromatic heterocycles. The maximum absolute atomic E-state index is 5.99. The molecule has 26 heavy (non-hydrogen) atoms. The van der Waals surface area contributed by atoms with Crippen LogP contribution in [-0.2, 0) is 25.7 Å². The molecule has 0 atom stereocenters. The standard InChI is InChI=1S/C12H17N.C12H15N/c2*1-8(2)11-6-9-4-3-5-10(9)7-12(11)13/h6-8H,3-5,13H2,1-2H3;6-7H,1,3-5,13H2,2H3. The Morgan fingerprint density at radius 2 is 1.27 bits per heavy atom. The monoisotopic (exact) mass is 348 g/mol. The highest BCUT2D eigenvalue weighted by molar-refractivity contribution is 5.74. The molecule has 0 heterocycles. The second kappa shape index (κ2) is 7.57. The van der Waals surface area contributed by atoms with E-state index in [1.807, 2.05) is 6.92 Å². The van der Waals surface area contributed by atoms with Crippen LogP contribution in [-0.4, -0.2) is 0 Å². The van der Waals surface area contributed by atoms with E-state index in [4.69, 9.17) is 11.5 Å². The van der Waals surface area contributed by atoms with Crippen LogP contribution in [0.25, 0.3) is 5.57 Å². The number of benzene rings is 2. The van der Waals surface area contributed by atoms with E-state index in [1.165, 1.54) is 66.3 Å². The molecule has 2 heteroatoms. The molecule has 0 bridgehead atoms. The molecule has 0 fully saturated rings. The van der Waals surface area contributed by atoms with Crippen LogP contribution in [0.2, 0.25) is 0 Å². The van der Waals surface area contributed by atoms with E-state index in [2.05, 4.69) is 44.7 Å². The van der Waals surface area contributed by atoms with E-state index in [0.717, 1.165) is 22.5 Å². The molecule has 0 radical (unpaired) electrons. The van der Waals surface area contributed by atoms with Crippen LogP contribution in [0.4, 0.5) is 11.4 Å². The first-order valence-corrected chi connectivity index (χ1v) is 9.85. The molecule has 0 unspecified atom stereocenters. The number of aryl methyl sites for hydroxylation is 4. The van der Waals surface area contributed by atoms with Gasteiger partial charge in [-0.1, -0.05) is 26.5 Å². The summed E-state index contributed by atoms with van der Waals surface area (Å²) in [6, 6.07) is 8.81. The Balaban J connectivity index is 0.000000151. The predicted octanol–water partition coefficient (Wildman–Crippen LogP) is 5.67. The number of hydrogen-bond acceptors (Lipinski definition) is 2. The molecular formula is C24H32N2. The molecule has 2 aromatic rings. The lowest BCUT2D eigenvalue weighted by Crippen LogP contribution is -1.98. The summed E-state index contributed by atoms with van der Waals surface area (Å²) in [6.45, 7) is 10.3. The number of rotatable bonds is 2. The van der Waals surface area contributed by atoms with E-state index in [0.29, 0.717) is 5.92 Å². The van der Waals surface area contributed by atoms with Crippen molar-refractivity contribution in [3.63, 3.8) is 0 Å². The largest absolute Gasteiger partial charge is 0.398 e. The van der Waals surface area contributed by atoms with Gasteiger partial charge in [0.25, 0.3) is 0 Å². The van der Waals surface area contributed by atoms with Crippen molar-refractivity contribution in [1.82, 2.24) is 0 Å². The summed E-state index contributed by atoms with van der Waals surface area (Å²) in [5.41, 5.74) is 23.2. The van der Waals surface area contributed by atoms with E-state index in [1.54, 1.807) is 0 Å². The maximum atomic E-state index is 5.99. The predicted molar refractivity (Wildman–Crippen MR) is 115 cm³/mol. The topological polar surface area (TPSA) is 52.0 Å². The van der Waals surface area contributed by atoms with Gasteiger partial charge >= 0.3 is 0 Å². The third kappa shape index (κ3) is 3.80. The SMILES string of the molecule is C=C(C)c1cc2c(cc1N)CCC2.CC(C)c1cc2c(cc1N)CCC2. The Bertz CT molecular complexity index is 831. The first-order chi connectivity index (χ1) is 12.4. The number of nitrogens with two attached hydrogens (primary N) is 2. The van der Waals surface area contributed by atoms with Gasteiger partial charge in [-0.3, -0.25) is 0 Å². The third-order valence-corrected chi connectivity index (χ3v) is 5.64. The molecule has 0 amide bonds. The zero-order chi connectivity index (χ0) is 18.8. The molecule has 0 aliphatic heterocycles. The molecule has 4 N–H and O–H groups in total. The first kappa shape index (κ1) is 18.6. The van der Waals surface area contributed by atoms with Crippen molar-refractivity contribution in [3.8, 4) is 0 Å². The summed E-state index contributed by atoms with van der Waals surface area (Å²) in [7, 11) is 0. The second-order valence-electron chi connectivity index (χ2n) is 8.10. The van der Waals surface area contributed by atoms with Gasteiger partial charge in [0.2, 0.25) is 0 Å². The molecule has 0 saturated carbocycles. The van der Waals surface area contributed by atoms with Gasteiger partial charge in [0, 0.05) is 11.4 Å². The number of hydrogen-bond donors (Lipinski definition) is 2. The van der Waals surface area contributed by atoms with Crippen LogP contribution in [0.1, 0.15) is 72.9 Å². The minimum atomic E-state index is 0.547. The third-order valence-electron chi connectivity index (χ3n) is 5.64. The van der Waals surface area contributed by atoms with Gasteiger partial charge in [-0.05, 0) is 109 Å². The lowest BCUT2D eigenvalue weighted by Gasteiger charge is -2.11. The normalized spacial score (nSPS) is 14.6. The van der Waals surface area contributed by atoms with Gasteiger partial charge < -0.3 is 11.5 Å². The van der Waals surface area contributed by atoms with Gasteiger partial charge in [-0.15, -0.1) is 0 Å². The minimum absolute atomic E-state index is 0.547. The summed E-state index contributed by atoms with van der Waals surface area (Å²) in [6.07, 6.45) is 7.43. The van der Waals surface area contributed by atoms with Crippen molar-refractivity contribution in [2.45, 2.75) is 65.2 Å². The number of anilines is 2. The lowest BCUT2D eigenvalue weighted by molar-refractivity contribution is 0.865. The van der Waals surface area contributed by atoms with E-state index >= 15 is 0 Å². The van der Waals surface area contributed by atoms with Crippen molar-refractivity contribution in [3.05, 3.63) is 64.2 Å². The fourth-order valence-corrected chi connectivity index (χ4v) is 4.17. The van der Waals surface area contributed by atoms with Crippen LogP contribution in [0.5, 0.6) is 0 Å².